The number of nitrogens with one attached hydrogen (secondary N) is 1. The van der Waals surface area contributed by atoms with Gasteiger partial charge < -0.3 is 10.4 Å². The van der Waals surface area contributed by atoms with Crippen molar-refractivity contribution < 1.29 is 9.90 Å². The summed E-state index contributed by atoms with van der Waals surface area (Å²) in [5, 5.41) is 13.7. The van der Waals surface area contributed by atoms with Crippen molar-refractivity contribution in [1.82, 2.24) is 14.7 Å². The Morgan fingerprint density at radius 3 is 2.86 bits per heavy atom. The largest absolute Gasteiger partial charge is 0.396 e. The van der Waals surface area contributed by atoms with Crippen molar-refractivity contribution in [1.29, 1.82) is 0 Å². The fourth-order valence-corrected chi connectivity index (χ4v) is 2.74. The van der Waals surface area contributed by atoms with Gasteiger partial charge in [-0.15, -0.1) is 11.3 Å². The third kappa shape index (κ3) is 3.30. The third-order valence-electron chi connectivity index (χ3n) is 3.36. The number of aliphatic hydroxyl groups is 1. The molecule has 114 valence electrons. The number of aromatic nitrogens is 2. The molecular weight excluding hydrogens is 290 g/mol. The number of hydrogen-bond donors (Lipinski definition) is 2. The van der Waals surface area contributed by atoms with Crippen LogP contribution < -0.4 is 10.9 Å². The van der Waals surface area contributed by atoms with Crippen LogP contribution in [0.1, 0.15) is 37.6 Å². The summed E-state index contributed by atoms with van der Waals surface area (Å²) in [6.45, 7) is 5.89. The van der Waals surface area contributed by atoms with Crippen LogP contribution in [-0.2, 0) is 0 Å². The van der Waals surface area contributed by atoms with Gasteiger partial charge in [-0.1, -0.05) is 20.8 Å². The number of thiazole rings is 1. The molecule has 0 aliphatic carbocycles. The maximum Gasteiger partial charge on any atom is 0.271 e. The summed E-state index contributed by atoms with van der Waals surface area (Å²) in [6.07, 6.45) is 3.34. The number of rotatable bonds is 4. The van der Waals surface area contributed by atoms with Crippen LogP contribution in [0.25, 0.3) is 4.96 Å². The van der Waals surface area contributed by atoms with Gasteiger partial charge in [-0.3, -0.25) is 14.0 Å². The van der Waals surface area contributed by atoms with Crippen molar-refractivity contribution in [3.63, 3.8) is 0 Å². The van der Waals surface area contributed by atoms with E-state index in [1.165, 1.54) is 21.9 Å². The lowest BCUT2D eigenvalue weighted by atomic mass is 9.85. The zero-order chi connectivity index (χ0) is 15.6. The van der Waals surface area contributed by atoms with E-state index in [0.717, 1.165) is 0 Å². The molecule has 0 spiro atoms. The van der Waals surface area contributed by atoms with Gasteiger partial charge in [-0.25, -0.2) is 4.98 Å². The minimum Gasteiger partial charge on any atom is -0.396 e. The Kier molecular flexibility index (Phi) is 4.43. The van der Waals surface area contributed by atoms with Crippen LogP contribution in [0.2, 0.25) is 0 Å². The lowest BCUT2D eigenvalue weighted by Crippen LogP contribution is -2.45. The fourth-order valence-electron chi connectivity index (χ4n) is 2.07. The van der Waals surface area contributed by atoms with Crippen molar-refractivity contribution in [2.75, 3.05) is 6.61 Å². The highest BCUT2D eigenvalue weighted by molar-refractivity contribution is 7.15. The number of carbonyl (C=O) groups excluding carboxylic acids is 1. The molecule has 0 bridgehead atoms. The van der Waals surface area contributed by atoms with Gasteiger partial charge in [0.1, 0.15) is 5.56 Å². The van der Waals surface area contributed by atoms with Gasteiger partial charge in [0.2, 0.25) is 0 Å². The molecule has 0 aliphatic rings. The molecule has 2 heterocycles. The molecule has 21 heavy (non-hydrogen) atoms. The zero-order valence-electron chi connectivity index (χ0n) is 12.3. The molecular formula is C14H19N3O3S. The lowest BCUT2D eigenvalue weighted by Gasteiger charge is -2.31. The van der Waals surface area contributed by atoms with Crippen molar-refractivity contribution in [2.24, 2.45) is 5.41 Å². The molecule has 0 aromatic carbocycles. The highest BCUT2D eigenvalue weighted by Crippen LogP contribution is 2.21. The van der Waals surface area contributed by atoms with E-state index < -0.39 is 5.91 Å². The van der Waals surface area contributed by atoms with E-state index in [2.05, 4.69) is 10.3 Å². The van der Waals surface area contributed by atoms with Crippen LogP contribution in [0.5, 0.6) is 0 Å². The molecule has 2 N–H and O–H groups in total. The van der Waals surface area contributed by atoms with Crippen molar-refractivity contribution in [2.45, 2.75) is 33.2 Å². The van der Waals surface area contributed by atoms with Gasteiger partial charge in [0.15, 0.2) is 4.96 Å². The van der Waals surface area contributed by atoms with E-state index in [-0.39, 0.29) is 29.2 Å². The highest BCUT2D eigenvalue weighted by Gasteiger charge is 2.27. The molecule has 0 aliphatic heterocycles. The molecule has 2 aromatic rings. The van der Waals surface area contributed by atoms with Gasteiger partial charge in [0.05, 0.1) is 0 Å². The highest BCUT2D eigenvalue weighted by atomic mass is 32.1. The molecule has 2 rings (SSSR count). The summed E-state index contributed by atoms with van der Waals surface area (Å²) in [5.41, 5.74) is -0.581. The van der Waals surface area contributed by atoms with Crippen LogP contribution in [-0.4, -0.2) is 33.0 Å². The molecule has 0 saturated heterocycles. The molecule has 6 nitrogen and oxygen atoms in total. The SMILES string of the molecule is CC(C)(C)C(CCO)NC(=O)c1cnc2sccn2c1=O. The van der Waals surface area contributed by atoms with Crippen LogP contribution in [0, 0.1) is 5.41 Å². The van der Waals surface area contributed by atoms with Gasteiger partial charge >= 0.3 is 0 Å². The Labute approximate surface area is 126 Å². The molecule has 1 unspecified atom stereocenters. The summed E-state index contributed by atoms with van der Waals surface area (Å²) >= 11 is 1.34. The Balaban J connectivity index is 2.29. The summed E-state index contributed by atoms with van der Waals surface area (Å²) in [5.74, 6) is -0.457. The average Bonchev–Trinajstić information content (AvgIpc) is 2.86. The minimum absolute atomic E-state index is 0.0121. The molecule has 0 fully saturated rings. The predicted octanol–water partition coefficient (Wildman–Crippen LogP) is 1.28. The van der Waals surface area contributed by atoms with Gasteiger partial charge in [0, 0.05) is 30.4 Å². The normalized spacial score (nSPS) is 13.3. The number of nitrogens with zero attached hydrogens (tertiary/aromatic N) is 2. The Morgan fingerprint density at radius 2 is 2.24 bits per heavy atom. The fraction of sp³-hybridized carbons (Fsp3) is 0.500. The third-order valence-corrected chi connectivity index (χ3v) is 4.13. The maximum atomic E-state index is 12.3. The lowest BCUT2D eigenvalue weighted by molar-refractivity contribution is 0.0883. The topological polar surface area (TPSA) is 83.7 Å². The predicted molar refractivity (Wildman–Crippen MR) is 81.8 cm³/mol. The first-order valence-electron chi connectivity index (χ1n) is 6.71. The molecule has 0 saturated carbocycles. The monoisotopic (exact) mass is 309 g/mol. The number of aliphatic hydroxyl groups excluding tert-OH is 1. The van der Waals surface area contributed by atoms with Crippen LogP contribution in [0.3, 0.4) is 0 Å². The molecule has 1 atom stereocenters. The molecule has 1 amide bonds. The first-order valence-corrected chi connectivity index (χ1v) is 7.59. The van der Waals surface area contributed by atoms with Crippen molar-refractivity contribution >= 4 is 22.2 Å². The second-order valence-corrected chi connectivity index (χ2v) is 6.81. The number of fused-ring (bicyclic) bond motifs is 1. The minimum atomic E-state index is -0.457. The van der Waals surface area contributed by atoms with Crippen molar-refractivity contribution in [3.8, 4) is 0 Å². The first-order chi connectivity index (χ1) is 9.84. The van der Waals surface area contributed by atoms with Gasteiger partial charge in [-0.05, 0) is 11.8 Å². The number of hydrogen-bond acceptors (Lipinski definition) is 5. The Hall–Kier alpha value is -1.73. The van der Waals surface area contributed by atoms with E-state index >= 15 is 0 Å². The molecule has 2 aromatic heterocycles. The smallest absolute Gasteiger partial charge is 0.271 e. The molecule has 7 heteroatoms. The summed E-state index contributed by atoms with van der Waals surface area (Å²) in [4.78, 5) is 29.2. The first kappa shape index (κ1) is 15.7. The summed E-state index contributed by atoms with van der Waals surface area (Å²) in [7, 11) is 0. The summed E-state index contributed by atoms with van der Waals surface area (Å²) < 4.78 is 1.36. The van der Waals surface area contributed by atoms with Gasteiger partial charge in [-0.2, -0.15) is 0 Å². The maximum absolute atomic E-state index is 12.3. The molecule has 0 radical (unpaired) electrons. The summed E-state index contributed by atoms with van der Waals surface area (Å²) in [6, 6.07) is -0.224. The van der Waals surface area contributed by atoms with E-state index in [4.69, 9.17) is 5.11 Å². The Morgan fingerprint density at radius 1 is 1.52 bits per heavy atom. The van der Waals surface area contributed by atoms with E-state index in [0.29, 0.717) is 11.4 Å². The quantitative estimate of drug-likeness (QED) is 0.891. The van der Waals surface area contributed by atoms with Crippen molar-refractivity contribution in [3.05, 3.63) is 33.7 Å². The van der Waals surface area contributed by atoms with Crippen LogP contribution in [0.4, 0.5) is 0 Å². The Bertz CT molecular complexity index is 699. The van der Waals surface area contributed by atoms with Crippen LogP contribution in [0.15, 0.2) is 22.6 Å². The van der Waals surface area contributed by atoms with E-state index in [1.807, 2.05) is 20.8 Å². The van der Waals surface area contributed by atoms with Crippen LogP contribution >= 0.6 is 11.3 Å². The van der Waals surface area contributed by atoms with E-state index in [9.17, 15) is 9.59 Å². The second kappa shape index (κ2) is 5.95. The average molecular weight is 309 g/mol. The second-order valence-electron chi connectivity index (χ2n) is 5.94. The van der Waals surface area contributed by atoms with E-state index in [1.54, 1.807) is 11.6 Å². The number of amides is 1. The zero-order valence-corrected chi connectivity index (χ0v) is 13.1. The van der Waals surface area contributed by atoms with Gasteiger partial charge in [0.25, 0.3) is 11.5 Å². The number of carbonyl (C=O) groups is 1. The standard InChI is InChI=1S/C14H19N3O3S/c1-14(2,3)10(4-6-18)16-11(19)9-8-15-13-17(12(9)20)5-7-21-13/h5,7-8,10,18H,4,6H2,1-3H3,(H,16,19).